The number of carbonyl (C=O) groups excluding carboxylic acids is 2. The fourth-order valence-electron chi connectivity index (χ4n) is 3.22. The van der Waals surface area contributed by atoms with Gasteiger partial charge in [0.1, 0.15) is 11.5 Å². The molecule has 0 unspecified atom stereocenters. The minimum absolute atomic E-state index is 0.0159. The third-order valence-corrected chi connectivity index (χ3v) is 6.75. The van der Waals surface area contributed by atoms with Crippen molar-refractivity contribution in [1.82, 2.24) is 0 Å². The van der Waals surface area contributed by atoms with Crippen LogP contribution in [0.4, 0.5) is 0 Å². The lowest BCUT2D eigenvalue weighted by Gasteiger charge is -2.36. The van der Waals surface area contributed by atoms with Gasteiger partial charge in [-0.2, -0.15) is 0 Å². The van der Waals surface area contributed by atoms with Crippen LogP contribution in [0.25, 0.3) is 0 Å². The molecule has 4 nitrogen and oxygen atoms in total. The van der Waals surface area contributed by atoms with Crippen LogP contribution >= 0.6 is 69.6 Å². The van der Waals surface area contributed by atoms with Gasteiger partial charge in [-0.05, 0) is 12.1 Å². The van der Waals surface area contributed by atoms with Gasteiger partial charge in [-0.1, -0.05) is 93.9 Å². The third kappa shape index (κ3) is 4.28. The number of fused-ring (bicyclic) bond motifs is 1. The molecule has 0 aromatic heterocycles. The maximum absolute atomic E-state index is 13.6. The van der Waals surface area contributed by atoms with Gasteiger partial charge in [-0.3, -0.25) is 9.59 Å². The number of hydrogen-bond acceptors (Lipinski definition) is 4. The average molecular weight is 551 g/mol. The Morgan fingerprint density at radius 3 is 1.56 bits per heavy atom. The minimum atomic E-state index is -2.15. The quantitative estimate of drug-likeness (QED) is 0.242. The molecular weight excluding hydrogens is 541 g/mol. The number of ether oxygens (including phenoxy) is 2. The van der Waals surface area contributed by atoms with Gasteiger partial charge in [0.2, 0.25) is 5.78 Å². The lowest BCUT2D eigenvalue weighted by Crippen LogP contribution is -2.54. The molecule has 0 fully saturated rings. The molecule has 10 heteroatoms. The minimum Gasteiger partial charge on any atom is -0.443 e. The van der Waals surface area contributed by atoms with Crippen molar-refractivity contribution in [2.75, 3.05) is 0 Å². The molecular formula is C22H10Cl6O4. The van der Waals surface area contributed by atoms with Crippen LogP contribution in [0.3, 0.4) is 0 Å². The monoisotopic (exact) mass is 548 g/mol. The second kappa shape index (κ2) is 8.94. The maximum atomic E-state index is 13.6. The zero-order valence-corrected chi connectivity index (χ0v) is 20.3. The summed E-state index contributed by atoms with van der Waals surface area (Å²) in [7, 11) is 0. The normalized spacial score (nSPS) is 14.8. The molecule has 164 valence electrons. The van der Waals surface area contributed by atoms with Gasteiger partial charge in [0.25, 0.3) is 0 Å². The maximum Gasteiger partial charge on any atom is 0.323 e. The highest BCUT2D eigenvalue weighted by molar-refractivity contribution is 6.44. The summed E-state index contributed by atoms with van der Waals surface area (Å²) in [5, 5.41) is 0.738. The Hall–Kier alpha value is -1.66. The molecule has 0 N–H and O–H groups in total. The molecule has 0 spiro atoms. The summed E-state index contributed by atoms with van der Waals surface area (Å²) >= 11 is 36.7. The number of rotatable bonds is 4. The molecule has 0 radical (unpaired) electrons. The van der Waals surface area contributed by atoms with Crippen molar-refractivity contribution < 1.29 is 19.1 Å². The molecule has 0 heterocycles. The number of halogens is 6. The summed E-state index contributed by atoms with van der Waals surface area (Å²) in [6.45, 7) is 0. The first-order valence-electron chi connectivity index (χ1n) is 8.95. The van der Waals surface area contributed by atoms with E-state index in [-0.39, 0.29) is 58.5 Å². The van der Waals surface area contributed by atoms with E-state index in [1.54, 1.807) is 18.2 Å². The van der Waals surface area contributed by atoms with Crippen molar-refractivity contribution in [3.05, 3.63) is 89.8 Å². The predicted molar refractivity (Wildman–Crippen MR) is 127 cm³/mol. The summed E-state index contributed by atoms with van der Waals surface area (Å²) in [4.78, 5) is 26.6. The van der Waals surface area contributed by atoms with Crippen LogP contribution in [0, 0.1) is 0 Å². The SMILES string of the molecule is O=C1CC(Oc2cc(Cl)c(Cl)cc2Cl)(Oc2cc(Cl)c(Cl)cc2Cl)C(=O)c2ccccc21. The second-order valence-corrected chi connectivity index (χ2v) is 9.27. The molecule has 0 amide bonds. The van der Waals surface area contributed by atoms with Crippen LogP contribution in [0.1, 0.15) is 27.1 Å². The van der Waals surface area contributed by atoms with E-state index in [0.717, 1.165) is 0 Å². The molecule has 32 heavy (non-hydrogen) atoms. The van der Waals surface area contributed by atoms with Crippen molar-refractivity contribution in [3.8, 4) is 11.5 Å². The van der Waals surface area contributed by atoms with Gasteiger partial charge in [0.05, 0.1) is 36.6 Å². The predicted octanol–water partition coefficient (Wildman–Crippen LogP) is 8.23. The zero-order chi connectivity index (χ0) is 23.2. The molecule has 0 aliphatic heterocycles. The van der Waals surface area contributed by atoms with Crippen molar-refractivity contribution in [1.29, 1.82) is 0 Å². The first-order chi connectivity index (χ1) is 15.1. The topological polar surface area (TPSA) is 52.6 Å². The van der Waals surface area contributed by atoms with Crippen LogP contribution in [0.15, 0.2) is 48.5 Å². The van der Waals surface area contributed by atoms with E-state index in [1.165, 1.54) is 30.3 Å². The van der Waals surface area contributed by atoms with Gasteiger partial charge in [0.15, 0.2) is 5.78 Å². The van der Waals surface area contributed by atoms with E-state index in [9.17, 15) is 9.59 Å². The lowest BCUT2D eigenvalue weighted by atomic mass is 9.85. The van der Waals surface area contributed by atoms with Crippen LogP contribution in [0.2, 0.25) is 30.1 Å². The molecule has 0 saturated carbocycles. The Balaban J connectivity index is 1.88. The lowest BCUT2D eigenvalue weighted by molar-refractivity contribution is -0.0800. The van der Waals surface area contributed by atoms with Crippen LogP contribution in [-0.4, -0.2) is 17.4 Å². The summed E-state index contributed by atoms with van der Waals surface area (Å²) in [5.41, 5.74) is 0.372. The number of Topliss-reactive ketones (excluding diaryl/α,β-unsaturated/α-hetero) is 2. The summed E-state index contributed by atoms with van der Waals surface area (Å²) in [5.74, 6) is -3.17. The highest BCUT2D eigenvalue weighted by atomic mass is 35.5. The van der Waals surface area contributed by atoms with Gasteiger partial charge in [-0.25, -0.2) is 0 Å². The van der Waals surface area contributed by atoms with E-state index < -0.39 is 18.0 Å². The number of benzene rings is 3. The number of carbonyl (C=O) groups is 2. The van der Waals surface area contributed by atoms with E-state index in [1.807, 2.05) is 0 Å². The van der Waals surface area contributed by atoms with E-state index in [4.69, 9.17) is 79.1 Å². The van der Waals surface area contributed by atoms with E-state index in [0.29, 0.717) is 0 Å². The highest BCUT2D eigenvalue weighted by Crippen LogP contribution is 2.42. The van der Waals surface area contributed by atoms with Gasteiger partial charge in [0, 0.05) is 23.3 Å². The Bertz CT molecular complexity index is 1210. The number of hydrogen-bond donors (Lipinski definition) is 0. The smallest absolute Gasteiger partial charge is 0.323 e. The third-order valence-electron chi connectivity index (χ3n) is 4.71. The molecule has 3 aromatic rings. The van der Waals surface area contributed by atoms with Gasteiger partial charge in [-0.15, -0.1) is 0 Å². The zero-order valence-electron chi connectivity index (χ0n) is 15.7. The Morgan fingerprint density at radius 2 is 1.06 bits per heavy atom. The van der Waals surface area contributed by atoms with Crippen LogP contribution < -0.4 is 9.47 Å². The summed E-state index contributed by atoms with van der Waals surface area (Å²) in [6.07, 6.45) is -0.462. The first-order valence-corrected chi connectivity index (χ1v) is 11.2. The Morgan fingerprint density at radius 1 is 0.625 bits per heavy atom. The van der Waals surface area contributed by atoms with Gasteiger partial charge < -0.3 is 9.47 Å². The fraction of sp³-hybridized carbons (Fsp3) is 0.0909. The van der Waals surface area contributed by atoms with Crippen LogP contribution in [0.5, 0.6) is 11.5 Å². The second-order valence-electron chi connectivity index (χ2n) is 6.83. The first kappa shape index (κ1) is 23.5. The standard InChI is InChI=1S/C22H10Cl6O4/c23-12-5-16(27)19(7-14(12)25)31-22(32-20-8-15(26)13(24)6-17(20)28)9-18(29)10-3-1-2-4-11(10)21(22)30/h1-8H,9H2. The molecule has 0 bridgehead atoms. The molecule has 0 saturated heterocycles. The van der Waals surface area contributed by atoms with Crippen molar-refractivity contribution in [2.24, 2.45) is 0 Å². The van der Waals surface area contributed by atoms with Crippen molar-refractivity contribution >= 4 is 81.2 Å². The Labute approximate surface area is 212 Å². The van der Waals surface area contributed by atoms with Crippen molar-refractivity contribution in [3.63, 3.8) is 0 Å². The van der Waals surface area contributed by atoms with Crippen molar-refractivity contribution in [2.45, 2.75) is 12.2 Å². The highest BCUT2D eigenvalue weighted by Gasteiger charge is 2.51. The van der Waals surface area contributed by atoms with E-state index >= 15 is 0 Å². The average Bonchev–Trinajstić information content (AvgIpc) is 2.74. The molecule has 0 atom stereocenters. The number of ketones is 2. The molecule has 1 aliphatic rings. The summed E-state index contributed by atoms with van der Waals surface area (Å²) in [6, 6.07) is 11.7. The largest absolute Gasteiger partial charge is 0.443 e. The van der Waals surface area contributed by atoms with E-state index in [2.05, 4.69) is 0 Å². The van der Waals surface area contributed by atoms with Gasteiger partial charge >= 0.3 is 5.79 Å². The summed E-state index contributed by atoms with van der Waals surface area (Å²) < 4.78 is 12.0. The molecule has 4 rings (SSSR count). The Kier molecular flexibility index (Phi) is 6.56. The van der Waals surface area contributed by atoms with Crippen LogP contribution in [-0.2, 0) is 0 Å². The molecule has 1 aliphatic carbocycles. The fourth-order valence-corrected chi connectivity index (χ4v) is 4.37. The molecule has 3 aromatic carbocycles.